The summed E-state index contributed by atoms with van der Waals surface area (Å²) in [5.41, 5.74) is 2.09. The molecule has 0 amide bonds. The van der Waals surface area contributed by atoms with E-state index in [0.717, 1.165) is 11.8 Å². The number of halogens is 2. The molecule has 0 aliphatic rings. The molecule has 0 fully saturated rings. The van der Waals surface area contributed by atoms with E-state index in [1.54, 1.807) is 29.3 Å². The van der Waals surface area contributed by atoms with Crippen molar-refractivity contribution in [2.24, 2.45) is 0 Å². The highest BCUT2D eigenvalue weighted by Crippen LogP contribution is 2.31. The summed E-state index contributed by atoms with van der Waals surface area (Å²) in [5.74, 6) is -0.541. The fourth-order valence-corrected chi connectivity index (χ4v) is 2.14. The number of rotatable bonds is 3. The summed E-state index contributed by atoms with van der Waals surface area (Å²) in [4.78, 5) is 11.7. The van der Waals surface area contributed by atoms with Gasteiger partial charge < -0.3 is 0 Å². The molecule has 0 aliphatic heterocycles. The molecule has 3 aromatic heterocycles. The first-order chi connectivity index (χ1) is 10.2. The summed E-state index contributed by atoms with van der Waals surface area (Å²) in [6.45, 7) is 2.61. The maximum absolute atomic E-state index is 14.0. The number of pyridine rings is 1. The number of hydrogen-bond acceptors (Lipinski definition) is 4. The Hall–Kier alpha value is -2.34. The minimum atomic E-state index is -0.541. The van der Waals surface area contributed by atoms with Gasteiger partial charge in [-0.25, -0.2) is 14.4 Å². The summed E-state index contributed by atoms with van der Waals surface area (Å²) in [5, 5.41) is 4.45. The highest BCUT2D eigenvalue weighted by molar-refractivity contribution is 6.28. The third-order valence-electron chi connectivity index (χ3n) is 2.99. The predicted molar refractivity (Wildman–Crippen MR) is 77.1 cm³/mol. The molecule has 7 heteroatoms. The minimum Gasteiger partial charge on any atom is -0.272 e. The van der Waals surface area contributed by atoms with Crippen molar-refractivity contribution in [2.75, 3.05) is 0 Å². The van der Waals surface area contributed by atoms with Crippen LogP contribution in [-0.4, -0.2) is 24.7 Å². The van der Waals surface area contributed by atoms with Crippen molar-refractivity contribution in [2.45, 2.75) is 13.5 Å². The molecule has 0 atom stereocenters. The van der Waals surface area contributed by atoms with Gasteiger partial charge in [-0.15, -0.1) is 0 Å². The van der Waals surface area contributed by atoms with E-state index in [0.29, 0.717) is 17.8 Å². The van der Waals surface area contributed by atoms with Crippen LogP contribution < -0.4 is 0 Å². The van der Waals surface area contributed by atoms with Crippen LogP contribution in [0.3, 0.4) is 0 Å². The molecule has 0 bridgehead atoms. The molecule has 21 heavy (non-hydrogen) atoms. The number of aryl methyl sites for hydroxylation is 1. The highest BCUT2D eigenvalue weighted by Gasteiger charge is 2.18. The van der Waals surface area contributed by atoms with E-state index in [4.69, 9.17) is 11.6 Å². The van der Waals surface area contributed by atoms with Crippen LogP contribution in [0.4, 0.5) is 4.39 Å². The van der Waals surface area contributed by atoms with Gasteiger partial charge in [-0.1, -0.05) is 0 Å². The molecule has 3 aromatic rings. The molecule has 0 spiro atoms. The van der Waals surface area contributed by atoms with Crippen LogP contribution in [0.15, 0.2) is 36.9 Å². The third kappa shape index (κ3) is 2.62. The molecule has 0 unspecified atom stereocenters. The first kappa shape index (κ1) is 13.6. The van der Waals surface area contributed by atoms with Crippen molar-refractivity contribution in [1.82, 2.24) is 24.7 Å². The Morgan fingerprint density at radius 3 is 2.86 bits per heavy atom. The van der Waals surface area contributed by atoms with E-state index in [-0.39, 0.29) is 11.0 Å². The summed E-state index contributed by atoms with van der Waals surface area (Å²) in [7, 11) is 0. The van der Waals surface area contributed by atoms with Gasteiger partial charge >= 0.3 is 0 Å². The number of nitrogens with zero attached hydrogens (tertiary/aromatic N) is 5. The lowest BCUT2D eigenvalue weighted by molar-refractivity contribution is 0.618. The van der Waals surface area contributed by atoms with Crippen LogP contribution in [0.25, 0.3) is 22.5 Å². The Kier molecular flexibility index (Phi) is 3.62. The van der Waals surface area contributed by atoms with E-state index in [2.05, 4.69) is 20.1 Å². The van der Waals surface area contributed by atoms with E-state index < -0.39 is 5.82 Å². The molecule has 0 radical (unpaired) electrons. The summed E-state index contributed by atoms with van der Waals surface area (Å²) in [6.07, 6.45) is 6.14. The van der Waals surface area contributed by atoms with Gasteiger partial charge in [0, 0.05) is 36.3 Å². The Labute approximate surface area is 125 Å². The molecule has 106 valence electrons. The molecule has 0 saturated heterocycles. The molecule has 3 rings (SSSR count). The molecule has 0 aromatic carbocycles. The zero-order chi connectivity index (χ0) is 14.8. The van der Waals surface area contributed by atoms with Gasteiger partial charge in [0.2, 0.25) is 5.28 Å². The largest absolute Gasteiger partial charge is 0.272 e. The first-order valence-corrected chi connectivity index (χ1v) is 6.73. The quantitative estimate of drug-likeness (QED) is 0.697. The number of aromatic nitrogens is 5. The lowest BCUT2D eigenvalue weighted by atomic mass is 10.1. The van der Waals surface area contributed by atoms with Crippen LogP contribution in [-0.2, 0) is 6.54 Å². The van der Waals surface area contributed by atoms with Crippen LogP contribution >= 0.6 is 11.6 Å². The molecular weight excluding hydrogens is 293 g/mol. The van der Waals surface area contributed by atoms with Crippen molar-refractivity contribution in [3.8, 4) is 22.5 Å². The lowest BCUT2D eigenvalue weighted by Gasteiger charge is -2.03. The van der Waals surface area contributed by atoms with Gasteiger partial charge in [-0.3, -0.25) is 9.67 Å². The first-order valence-electron chi connectivity index (χ1n) is 6.35. The Morgan fingerprint density at radius 2 is 2.14 bits per heavy atom. The average molecular weight is 304 g/mol. The van der Waals surface area contributed by atoms with Gasteiger partial charge in [0.15, 0.2) is 5.82 Å². The Morgan fingerprint density at radius 1 is 1.29 bits per heavy atom. The number of hydrogen-bond donors (Lipinski definition) is 0. The lowest BCUT2D eigenvalue weighted by Crippen LogP contribution is -1.93. The summed E-state index contributed by atoms with van der Waals surface area (Å²) < 4.78 is 15.7. The summed E-state index contributed by atoms with van der Waals surface area (Å²) >= 11 is 5.78. The second-order valence-electron chi connectivity index (χ2n) is 4.32. The zero-order valence-corrected chi connectivity index (χ0v) is 11.9. The van der Waals surface area contributed by atoms with Crippen molar-refractivity contribution >= 4 is 11.6 Å². The Balaban J connectivity index is 2.22. The average Bonchev–Trinajstić information content (AvgIpc) is 2.95. The van der Waals surface area contributed by atoms with Crippen molar-refractivity contribution in [3.63, 3.8) is 0 Å². The highest BCUT2D eigenvalue weighted by atomic mass is 35.5. The SMILES string of the molecule is CCn1cc(-c2nc(Cl)ncc2F)c(-c2cccnc2)n1. The molecule has 0 aliphatic carbocycles. The molecule has 3 heterocycles. The molecular formula is C14H11ClFN5. The van der Waals surface area contributed by atoms with Crippen molar-refractivity contribution in [1.29, 1.82) is 0 Å². The Bertz CT molecular complexity index is 772. The minimum absolute atomic E-state index is 0.00668. The van der Waals surface area contributed by atoms with E-state index >= 15 is 0 Å². The van der Waals surface area contributed by atoms with Crippen LogP contribution in [0.5, 0.6) is 0 Å². The molecule has 0 saturated carbocycles. The maximum Gasteiger partial charge on any atom is 0.223 e. The zero-order valence-electron chi connectivity index (χ0n) is 11.2. The van der Waals surface area contributed by atoms with Gasteiger partial charge in [0.25, 0.3) is 0 Å². The topological polar surface area (TPSA) is 56.5 Å². The van der Waals surface area contributed by atoms with Crippen LogP contribution in [0, 0.1) is 5.82 Å². The fourth-order valence-electron chi connectivity index (χ4n) is 2.01. The normalized spacial score (nSPS) is 10.8. The van der Waals surface area contributed by atoms with Crippen LogP contribution in [0.2, 0.25) is 5.28 Å². The monoisotopic (exact) mass is 303 g/mol. The summed E-state index contributed by atoms with van der Waals surface area (Å²) in [6, 6.07) is 3.66. The second-order valence-corrected chi connectivity index (χ2v) is 4.66. The smallest absolute Gasteiger partial charge is 0.223 e. The van der Waals surface area contributed by atoms with Crippen molar-refractivity contribution in [3.05, 3.63) is 48.0 Å². The molecule has 5 nitrogen and oxygen atoms in total. The van der Waals surface area contributed by atoms with Gasteiger partial charge in [0.1, 0.15) is 11.4 Å². The van der Waals surface area contributed by atoms with Gasteiger partial charge in [-0.05, 0) is 30.7 Å². The van der Waals surface area contributed by atoms with Gasteiger partial charge in [0.05, 0.1) is 6.20 Å². The second kappa shape index (κ2) is 5.57. The van der Waals surface area contributed by atoms with E-state index in [1.807, 2.05) is 13.0 Å². The fraction of sp³-hybridized carbons (Fsp3) is 0.143. The van der Waals surface area contributed by atoms with Crippen molar-refractivity contribution < 1.29 is 4.39 Å². The van der Waals surface area contributed by atoms with Crippen LogP contribution in [0.1, 0.15) is 6.92 Å². The van der Waals surface area contributed by atoms with E-state index in [1.165, 1.54) is 0 Å². The van der Waals surface area contributed by atoms with E-state index in [9.17, 15) is 4.39 Å². The van der Waals surface area contributed by atoms with Gasteiger partial charge in [-0.2, -0.15) is 5.10 Å². The standard InChI is InChI=1S/C14H11ClFN5/c1-2-21-8-10(13-11(16)7-18-14(15)19-13)12(20-21)9-4-3-5-17-6-9/h3-8H,2H2,1H3. The maximum atomic E-state index is 14.0. The third-order valence-corrected chi connectivity index (χ3v) is 3.17. The predicted octanol–water partition coefficient (Wildman–Crippen LogP) is 3.21. The molecule has 0 N–H and O–H groups in total.